The summed E-state index contributed by atoms with van der Waals surface area (Å²) in [6, 6.07) is 14.3. The number of likely N-dealkylation sites (tertiary alicyclic amines) is 1. The van der Waals surface area contributed by atoms with Crippen molar-refractivity contribution in [3.63, 3.8) is 0 Å². The van der Waals surface area contributed by atoms with Crippen molar-refractivity contribution in [1.29, 1.82) is 0 Å². The third kappa shape index (κ3) is 8.11. The summed E-state index contributed by atoms with van der Waals surface area (Å²) in [6.45, 7) is 15.6. The largest absolute Gasteiger partial charge is 0.484 e. The smallest absolute Gasteiger partial charge is 0.407 e. The highest BCUT2D eigenvalue weighted by Gasteiger charge is 2.57. The molecule has 2 aromatic rings. The van der Waals surface area contributed by atoms with Crippen molar-refractivity contribution >= 4 is 26.5 Å². The Labute approximate surface area is 249 Å². The number of fused-ring (bicyclic) bond motifs is 1. The quantitative estimate of drug-likeness (QED) is 0.430. The number of alkyl carbamates (subject to hydrolysis) is 1. The molecule has 2 fully saturated rings. The van der Waals surface area contributed by atoms with Crippen molar-refractivity contribution in [2.24, 2.45) is 0 Å². The average molecular weight is 598 g/mol. The lowest BCUT2D eigenvalue weighted by atomic mass is 10.1. The summed E-state index contributed by atoms with van der Waals surface area (Å²) in [5.74, 6) is 0.272. The van der Waals surface area contributed by atoms with Crippen LogP contribution in [0.25, 0.3) is 0 Å². The molecule has 2 unspecified atom stereocenters. The molecule has 4 rings (SSSR count). The highest BCUT2D eigenvalue weighted by molar-refractivity contribution is 6.69. The lowest BCUT2D eigenvalue weighted by molar-refractivity contribution is -0.133. The van der Waals surface area contributed by atoms with Gasteiger partial charge in [-0.25, -0.2) is 4.79 Å². The van der Waals surface area contributed by atoms with Gasteiger partial charge in [-0.1, -0.05) is 45.0 Å². The van der Waals surface area contributed by atoms with Gasteiger partial charge in [0.1, 0.15) is 11.4 Å². The van der Waals surface area contributed by atoms with E-state index in [1.54, 1.807) is 62.1 Å². The van der Waals surface area contributed by atoms with Gasteiger partial charge in [0.05, 0.1) is 12.2 Å². The number of carbonyl (C=O) groups excluding carboxylic acids is 3. The summed E-state index contributed by atoms with van der Waals surface area (Å²) in [5, 5.41) is 5.57. The molecule has 11 heteroatoms. The second kappa shape index (κ2) is 12.4. The minimum absolute atomic E-state index is 0.0284. The first-order valence-electron chi connectivity index (χ1n) is 14.3. The van der Waals surface area contributed by atoms with Gasteiger partial charge < -0.3 is 33.9 Å². The van der Waals surface area contributed by atoms with Gasteiger partial charge in [0.25, 0.3) is 11.8 Å². The van der Waals surface area contributed by atoms with Crippen LogP contribution < -0.4 is 15.4 Å². The molecule has 0 bridgehead atoms. The minimum Gasteiger partial charge on any atom is -0.484 e. The summed E-state index contributed by atoms with van der Waals surface area (Å²) in [7, 11) is -2.29. The Morgan fingerprint density at radius 3 is 1.90 bits per heavy atom. The van der Waals surface area contributed by atoms with E-state index in [-0.39, 0.29) is 35.7 Å². The number of amides is 3. The molecule has 42 heavy (non-hydrogen) atoms. The molecule has 3 amide bonds. The zero-order valence-electron chi connectivity index (χ0n) is 25.6. The van der Waals surface area contributed by atoms with Crippen LogP contribution in [0.2, 0.25) is 11.6 Å². The summed E-state index contributed by atoms with van der Waals surface area (Å²) in [6.07, 6.45) is -0.631. The van der Waals surface area contributed by atoms with Crippen molar-refractivity contribution in [2.45, 2.75) is 84.0 Å². The predicted molar refractivity (Wildman–Crippen MR) is 160 cm³/mol. The summed E-state index contributed by atoms with van der Waals surface area (Å²) in [5.41, 5.74) is 1.70. The van der Waals surface area contributed by atoms with Crippen LogP contribution in [-0.2, 0) is 31.5 Å². The number of nitrogens with zero attached hydrogens (tertiary/aromatic N) is 1. The molecule has 228 valence electrons. The zero-order chi connectivity index (χ0) is 30.7. The van der Waals surface area contributed by atoms with E-state index < -0.39 is 20.3 Å². The number of nitrogens with one attached hydrogen (secondary N) is 2. The fourth-order valence-electron chi connectivity index (χ4n) is 4.62. The standard InChI is InChI=1S/C31H43N3O7Si/c1-30(2,3)39-29(37)33-17-21-8-12-23(13-9-21)28(36)32-16-22-10-14-24(15-11-22)38-20-27(35)34-18-25-26(19-34)41-42(7,40-25)31(4,5)6/h8-15,25-26H,16-20H2,1-7H3,(H,32,36)(H,33,37). The van der Waals surface area contributed by atoms with Gasteiger partial charge in [-0.3, -0.25) is 9.59 Å². The van der Waals surface area contributed by atoms with Gasteiger partial charge >= 0.3 is 14.7 Å². The monoisotopic (exact) mass is 597 g/mol. The van der Waals surface area contributed by atoms with E-state index in [0.717, 1.165) is 11.1 Å². The minimum atomic E-state index is -2.29. The highest BCUT2D eigenvalue weighted by Crippen LogP contribution is 2.45. The highest BCUT2D eigenvalue weighted by atomic mass is 28.4. The van der Waals surface area contributed by atoms with E-state index in [4.69, 9.17) is 18.3 Å². The van der Waals surface area contributed by atoms with Crippen LogP contribution in [0, 0.1) is 0 Å². The Balaban J connectivity index is 1.17. The van der Waals surface area contributed by atoms with E-state index in [1.807, 2.05) is 12.1 Å². The molecule has 0 spiro atoms. The molecule has 2 saturated heterocycles. The summed E-state index contributed by atoms with van der Waals surface area (Å²) >= 11 is 0. The van der Waals surface area contributed by atoms with Crippen molar-refractivity contribution < 1.29 is 32.7 Å². The fraction of sp³-hybridized carbons (Fsp3) is 0.516. The first-order valence-corrected chi connectivity index (χ1v) is 16.6. The van der Waals surface area contributed by atoms with Crippen LogP contribution in [0.1, 0.15) is 63.0 Å². The van der Waals surface area contributed by atoms with Gasteiger partial charge in [-0.05, 0) is 62.7 Å². The lowest BCUT2D eigenvalue weighted by Gasteiger charge is -2.34. The average Bonchev–Trinajstić information content (AvgIpc) is 3.45. The molecule has 0 saturated carbocycles. The van der Waals surface area contributed by atoms with Gasteiger partial charge in [-0.15, -0.1) is 0 Å². The molecule has 2 atom stereocenters. The second-order valence-electron chi connectivity index (χ2n) is 13.0. The predicted octanol–water partition coefficient (Wildman–Crippen LogP) is 4.52. The van der Waals surface area contributed by atoms with E-state index in [2.05, 4.69) is 38.0 Å². The van der Waals surface area contributed by atoms with E-state index in [1.165, 1.54) is 0 Å². The number of benzene rings is 2. The molecule has 2 aliphatic heterocycles. The Bertz CT molecular complexity index is 1260. The topological polar surface area (TPSA) is 115 Å². The van der Waals surface area contributed by atoms with E-state index >= 15 is 0 Å². The van der Waals surface area contributed by atoms with Crippen molar-refractivity contribution in [3.8, 4) is 5.75 Å². The Morgan fingerprint density at radius 1 is 0.857 bits per heavy atom. The zero-order valence-corrected chi connectivity index (χ0v) is 26.6. The van der Waals surface area contributed by atoms with Gasteiger partial charge in [0, 0.05) is 36.8 Å². The lowest BCUT2D eigenvalue weighted by Crippen LogP contribution is -2.46. The van der Waals surface area contributed by atoms with Crippen LogP contribution >= 0.6 is 0 Å². The number of hydrogen-bond acceptors (Lipinski definition) is 7. The second-order valence-corrected chi connectivity index (χ2v) is 16.8. The van der Waals surface area contributed by atoms with Gasteiger partial charge in [-0.2, -0.15) is 0 Å². The maximum atomic E-state index is 12.8. The number of ether oxygens (including phenoxy) is 2. The molecule has 0 aromatic heterocycles. The molecular weight excluding hydrogens is 554 g/mol. The SMILES string of the molecule is CC(C)(C)OC(=O)NCc1ccc(C(=O)NCc2ccc(OCC(=O)N3CC4O[Si](C)(C(C)(C)C)OC4C3)cc2)cc1. The summed E-state index contributed by atoms with van der Waals surface area (Å²) < 4.78 is 23.6. The Hall–Kier alpha value is -3.41. The van der Waals surface area contributed by atoms with Crippen LogP contribution in [0.5, 0.6) is 5.75 Å². The molecule has 2 aromatic carbocycles. The Morgan fingerprint density at radius 2 is 1.38 bits per heavy atom. The van der Waals surface area contributed by atoms with Crippen LogP contribution in [0.3, 0.4) is 0 Å². The molecular formula is C31H43N3O7Si. The molecule has 10 nitrogen and oxygen atoms in total. The Kier molecular flexibility index (Phi) is 9.34. The first kappa shape index (κ1) is 31.5. The molecule has 2 heterocycles. The van der Waals surface area contributed by atoms with Crippen molar-refractivity contribution in [2.75, 3.05) is 19.7 Å². The van der Waals surface area contributed by atoms with E-state index in [9.17, 15) is 14.4 Å². The fourth-order valence-corrected chi connectivity index (χ4v) is 6.99. The van der Waals surface area contributed by atoms with Crippen molar-refractivity contribution in [3.05, 3.63) is 65.2 Å². The first-order chi connectivity index (χ1) is 19.6. The van der Waals surface area contributed by atoms with Gasteiger partial charge in [0.15, 0.2) is 6.61 Å². The van der Waals surface area contributed by atoms with Crippen LogP contribution in [-0.4, -0.2) is 68.9 Å². The van der Waals surface area contributed by atoms with Crippen molar-refractivity contribution in [1.82, 2.24) is 15.5 Å². The number of carbonyl (C=O) groups is 3. The van der Waals surface area contributed by atoms with Crippen LogP contribution in [0.4, 0.5) is 4.79 Å². The third-order valence-electron chi connectivity index (χ3n) is 7.47. The summed E-state index contributed by atoms with van der Waals surface area (Å²) in [4.78, 5) is 38.9. The molecule has 2 N–H and O–H groups in total. The number of hydrogen-bond donors (Lipinski definition) is 2. The molecule has 2 aliphatic rings. The maximum Gasteiger partial charge on any atom is 0.407 e. The van der Waals surface area contributed by atoms with Gasteiger partial charge in [0.2, 0.25) is 0 Å². The maximum absolute atomic E-state index is 12.8. The molecule has 0 aliphatic carbocycles. The number of rotatable bonds is 8. The molecule has 0 radical (unpaired) electrons. The normalized spacial score (nSPS) is 21.9. The van der Waals surface area contributed by atoms with Crippen LogP contribution in [0.15, 0.2) is 48.5 Å². The van der Waals surface area contributed by atoms with E-state index in [0.29, 0.717) is 37.5 Å². The third-order valence-corrected chi connectivity index (χ3v) is 11.7.